The van der Waals surface area contributed by atoms with Crippen LogP contribution in [-0.2, 0) is 17.7 Å². The third-order valence-electron chi connectivity index (χ3n) is 7.93. The topological polar surface area (TPSA) is 184 Å². The molecule has 2 aromatic carbocycles. The number of halogens is 1. The number of oxazole rings is 1. The number of aromatic carboxylic acids is 1. The molecule has 0 saturated carbocycles. The number of hydrogen-bond donors (Lipinski definition) is 3. The number of ether oxygens (including phenoxy) is 1. The average Bonchev–Trinajstić information content (AvgIpc) is 3.70. The van der Waals surface area contributed by atoms with Gasteiger partial charge in [0, 0.05) is 18.7 Å². The van der Waals surface area contributed by atoms with Gasteiger partial charge in [0.15, 0.2) is 22.7 Å². The lowest BCUT2D eigenvalue weighted by Gasteiger charge is -2.21. The highest BCUT2D eigenvalue weighted by Crippen LogP contribution is 2.35. The normalized spacial score (nSPS) is 14.1. The molecule has 1 atom stereocenters. The average molecular weight is 661 g/mol. The minimum absolute atomic E-state index is 0.0896. The number of amides is 1. The first-order valence-corrected chi connectivity index (χ1v) is 15.4. The Labute approximate surface area is 274 Å². The summed E-state index contributed by atoms with van der Waals surface area (Å²) in [5, 5.41) is 16.0. The van der Waals surface area contributed by atoms with E-state index in [0.29, 0.717) is 30.5 Å². The van der Waals surface area contributed by atoms with E-state index in [-0.39, 0.29) is 29.2 Å². The van der Waals surface area contributed by atoms with E-state index in [1.807, 2.05) is 32.9 Å². The van der Waals surface area contributed by atoms with Gasteiger partial charge >= 0.3 is 17.7 Å². The molecular weight excluding hydrogens is 623 g/mol. The number of carboxylic acids is 1. The molecule has 252 valence electrons. The van der Waals surface area contributed by atoms with Crippen molar-refractivity contribution in [2.24, 2.45) is 5.73 Å². The number of esters is 1. The highest BCUT2D eigenvalue weighted by Gasteiger charge is 2.30. The van der Waals surface area contributed by atoms with Crippen molar-refractivity contribution in [3.63, 3.8) is 0 Å². The van der Waals surface area contributed by atoms with E-state index in [2.05, 4.69) is 15.4 Å². The third kappa shape index (κ3) is 6.69. The largest absolute Gasteiger partial charge is 0.477 e. The zero-order chi connectivity index (χ0) is 35.1. The van der Waals surface area contributed by atoms with E-state index in [9.17, 15) is 28.7 Å². The lowest BCUT2D eigenvalue weighted by molar-refractivity contribution is 0.00682. The van der Waals surface area contributed by atoms with E-state index in [1.165, 1.54) is 0 Å². The fourth-order valence-electron chi connectivity index (χ4n) is 5.72. The monoisotopic (exact) mass is 660 g/mol. The Morgan fingerprint density at radius 1 is 1.19 bits per heavy atom. The molecule has 0 fully saturated rings. The smallest absolute Gasteiger partial charge is 0.420 e. The maximum absolute atomic E-state index is 14.0. The van der Waals surface area contributed by atoms with Crippen LogP contribution in [-0.4, -0.2) is 47.7 Å². The van der Waals surface area contributed by atoms with Crippen LogP contribution < -0.4 is 16.8 Å². The van der Waals surface area contributed by atoms with E-state index in [4.69, 9.17) is 14.9 Å². The highest BCUT2D eigenvalue weighted by molar-refractivity contribution is 5.96. The fraction of sp³-hybridized carbons (Fsp3) is 0.353. The number of carbonyl (C=O) groups excluding carboxylic acids is 2. The van der Waals surface area contributed by atoms with Gasteiger partial charge in [-0.15, -0.1) is 0 Å². The van der Waals surface area contributed by atoms with Gasteiger partial charge in [0.05, 0.1) is 23.3 Å². The van der Waals surface area contributed by atoms with Crippen molar-refractivity contribution in [1.82, 2.24) is 24.5 Å². The summed E-state index contributed by atoms with van der Waals surface area (Å²) in [5.41, 5.74) is 9.52. The van der Waals surface area contributed by atoms with Gasteiger partial charge in [-0.2, -0.15) is 5.10 Å². The Bertz CT molecular complexity index is 2120. The molecule has 1 amide bonds. The van der Waals surface area contributed by atoms with Gasteiger partial charge in [-0.3, -0.25) is 9.36 Å². The highest BCUT2D eigenvalue weighted by atomic mass is 19.1. The van der Waals surface area contributed by atoms with Crippen molar-refractivity contribution >= 4 is 34.6 Å². The molecular formula is C34H37FN6O7. The number of nitrogens with one attached hydrogen (secondary N) is 1. The van der Waals surface area contributed by atoms with Gasteiger partial charge in [-0.1, -0.05) is 12.1 Å². The summed E-state index contributed by atoms with van der Waals surface area (Å²) < 4.78 is 27.2. The second-order valence-corrected chi connectivity index (χ2v) is 12.8. The van der Waals surface area contributed by atoms with Gasteiger partial charge in [-0.25, -0.2) is 28.3 Å². The predicted molar refractivity (Wildman–Crippen MR) is 174 cm³/mol. The van der Waals surface area contributed by atoms with Crippen LogP contribution in [0.3, 0.4) is 0 Å². The van der Waals surface area contributed by atoms with Crippen LogP contribution in [0.25, 0.3) is 16.7 Å². The van der Waals surface area contributed by atoms with Crippen molar-refractivity contribution < 1.29 is 33.0 Å². The van der Waals surface area contributed by atoms with Crippen LogP contribution in [0.1, 0.15) is 107 Å². The van der Waals surface area contributed by atoms with E-state index in [0.717, 1.165) is 44.5 Å². The van der Waals surface area contributed by atoms with Crippen molar-refractivity contribution in [3.05, 3.63) is 98.2 Å². The van der Waals surface area contributed by atoms with Gasteiger partial charge in [-0.05, 0) is 94.8 Å². The fourth-order valence-corrected chi connectivity index (χ4v) is 5.72. The lowest BCUT2D eigenvalue weighted by Crippen LogP contribution is -2.29. The number of carboxylic acid groups (broad SMARTS) is 1. The molecule has 3 aromatic heterocycles. The summed E-state index contributed by atoms with van der Waals surface area (Å²) in [6.07, 6.45) is 2.11. The first kappa shape index (κ1) is 34.0. The third-order valence-corrected chi connectivity index (χ3v) is 7.93. The zero-order valence-electron chi connectivity index (χ0n) is 27.5. The number of carbonyl (C=O) groups is 3. The van der Waals surface area contributed by atoms with Gasteiger partial charge < -0.3 is 25.3 Å². The summed E-state index contributed by atoms with van der Waals surface area (Å²) in [5.74, 6) is -3.54. The van der Waals surface area contributed by atoms with E-state index >= 15 is 0 Å². The molecule has 1 aliphatic carbocycles. The first-order chi connectivity index (χ1) is 22.6. The number of nitrogens with zero attached hydrogens (tertiary/aromatic N) is 4. The summed E-state index contributed by atoms with van der Waals surface area (Å²) >= 11 is 0. The quantitative estimate of drug-likeness (QED) is 0.212. The van der Waals surface area contributed by atoms with Crippen LogP contribution in [0.2, 0.25) is 0 Å². The molecule has 3 heterocycles. The molecule has 4 N–H and O–H groups in total. The van der Waals surface area contributed by atoms with Crippen LogP contribution >= 0.6 is 0 Å². The number of hydrogen-bond acceptors (Lipinski definition) is 9. The molecule has 6 rings (SSSR count). The Hall–Kier alpha value is -5.37. The van der Waals surface area contributed by atoms with Gasteiger partial charge in [0.25, 0.3) is 5.91 Å². The summed E-state index contributed by atoms with van der Waals surface area (Å²) in [7, 11) is 0. The number of benzene rings is 2. The summed E-state index contributed by atoms with van der Waals surface area (Å²) in [6, 6.07) is 9.82. The molecule has 0 unspecified atom stereocenters. The molecule has 0 aliphatic heterocycles. The molecule has 14 heteroatoms. The van der Waals surface area contributed by atoms with Crippen molar-refractivity contribution in [3.8, 4) is 0 Å². The minimum atomic E-state index is -1.39. The maximum atomic E-state index is 14.0. The number of aromatic nitrogens is 4. The molecule has 0 spiro atoms. The Morgan fingerprint density at radius 2 is 1.92 bits per heavy atom. The van der Waals surface area contributed by atoms with E-state index < -0.39 is 35.0 Å². The lowest BCUT2D eigenvalue weighted by atomic mass is 9.97. The SMILES string of the molecule is CC(C)n1c(=O)oc2ccc(CN)cc21.Cc1c(C(=O)OC(C)(C)C)ccc2c1CC[C@@H]2NC(=O)c1cc(C(=O)O)nc2c(F)cnn12. The summed E-state index contributed by atoms with van der Waals surface area (Å²) in [4.78, 5) is 52.2. The molecule has 0 radical (unpaired) electrons. The Balaban J connectivity index is 0.000000250. The van der Waals surface area contributed by atoms with Crippen LogP contribution in [0.5, 0.6) is 0 Å². The molecule has 48 heavy (non-hydrogen) atoms. The van der Waals surface area contributed by atoms with Crippen molar-refractivity contribution in [2.75, 3.05) is 0 Å². The standard InChI is InChI=1S/C23H23FN4O5.C11H14N2O2/c1-11-12-7-8-16(14(12)6-5-13(11)22(32)33-23(2,3)4)27-20(29)18-9-17(21(30)31)26-19-15(24)10-25-28(18)19;1-7(2)13-9-5-8(6-12)3-4-10(9)15-11(13)14/h5-6,9-10,16H,7-8H2,1-4H3,(H,27,29)(H,30,31);3-5,7H,6,12H2,1-2H3/t16-;/m0./s1. The maximum Gasteiger partial charge on any atom is 0.420 e. The minimum Gasteiger partial charge on any atom is -0.477 e. The zero-order valence-corrected chi connectivity index (χ0v) is 27.5. The molecule has 0 bridgehead atoms. The second-order valence-electron chi connectivity index (χ2n) is 12.8. The number of fused-ring (bicyclic) bond motifs is 3. The van der Waals surface area contributed by atoms with Gasteiger partial charge in [0.2, 0.25) is 0 Å². The van der Waals surface area contributed by atoms with Crippen LogP contribution in [0.4, 0.5) is 4.39 Å². The molecule has 0 saturated heterocycles. The second kappa shape index (κ2) is 13.0. The Kier molecular flexibility index (Phi) is 9.22. The Morgan fingerprint density at radius 3 is 2.56 bits per heavy atom. The van der Waals surface area contributed by atoms with E-state index in [1.54, 1.807) is 43.5 Å². The van der Waals surface area contributed by atoms with Crippen molar-refractivity contribution in [2.45, 2.75) is 78.6 Å². The summed E-state index contributed by atoms with van der Waals surface area (Å²) in [6.45, 7) is 11.6. The molecule has 13 nitrogen and oxygen atoms in total. The van der Waals surface area contributed by atoms with Gasteiger partial charge in [0.1, 0.15) is 11.3 Å². The van der Waals surface area contributed by atoms with Crippen molar-refractivity contribution in [1.29, 1.82) is 0 Å². The number of nitrogens with two attached hydrogens (primary N) is 1. The number of rotatable bonds is 6. The molecule has 5 aromatic rings. The first-order valence-electron chi connectivity index (χ1n) is 15.4. The molecule has 1 aliphatic rings. The predicted octanol–water partition coefficient (Wildman–Crippen LogP) is 4.88. The van der Waals surface area contributed by atoms with Crippen LogP contribution in [0, 0.1) is 12.7 Å². The van der Waals surface area contributed by atoms with Crippen LogP contribution in [0.15, 0.2) is 51.8 Å².